The van der Waals surface area contributed by atoms with Crippen molar-refractivity contribution in [1.29, 1.82) is 0 Å². The number of ether oxygens (including phenoxy) is 1. The molecule has 0 atom stereocenters. The molecule has 1 aliphatic rings. The summed E-state index contributed by atoms with van der Waals surface area (Å²) in [6.07, 6.45) is 0. The summed E-state index contributed by atoms with van der Waals surface area (Å²) < 4.78 is 5.15. The molecular weight excluding hydrogens is 274 g/mol. The first kappa shape index (κ1) is 14.6. The second kappa shape index (κ2) is 5.48. The molecule has 0 fully saturated rings. The largest absolute Gasteiger partial charge is 0.465 e. The Morgan fingerprint density at radius 3 is 2.00 bits per heavy atom. The average Bonchev–Trinajstić information content (AvgIpc) is 2.52. The third kappa shape index (κ3) is 2.27. The number of anilines is 2. The molecule has 3 heteroatoms. The molecular formula is C19H21NO2. The molecule has 2 aromatic rings. The number of nitrogens with zero attached hydrogens (tertiary/aromatic N) is 1. The number of hydrogen-bond acceptors (Lipinski definition) is 3. The van der Waals surface area contributed by atoms with Crippen molar-refractivity contribution in [3.8, 4) is 0 Å². The number of para-hydroxylation sites is 2. The molecule has 0 saturated carbocycles. The van der Waals surface area contributed by atoms with Gasteiger partial charge in [-0.3, -0.25) is 4.79 Å². The molecule has 0 unspecified atom stereocenters. The van der Waals surface area contributed by atoms with E-state index in [0.29, 0.717) is 6.61 Å². The highest BCUT2D eigenvalue weighted by Crippen LogP contribution is 2.48. The molecule has 22 heavy (non-hydrogen) atoms. The highest BCUT2D eigenvalue weighted by atomic mass is 16.5. The van der Waals surface area contributed by atoms with Gasteiger partial charge in [0.15, 0.2) is 0 Å². The molecule has 3 nitrogen and oxygen atoms in total. The Balaban J connectivity index is 2.13. The maximum Gasteiger partial charge on any atom is 0.325 e. The van der Waals surface area contributed by atoms with E-state index in [0.717, 1.165) is 11.4 Å². The van der Waals surface area contributed by atoms with Gasteiger partial charge >= 0.3 is 5.97 Å². The third-order valence-corrected chi connectivity index (χ3v) is 4.33. The summed E-state index contributed by atoms with van der Waals surface area (Å²) in [4.78, 5) is 14.1. The second-order valence-electron chi connectivity index (χ2n) is 6.05. The van der Waals surface area contributed by atoms with Gasteiger partial charge in [-0.2, -0.15) is 0 Å². The van der Waals surface area contributed by atoms with Crippen LogP contribution >= 0.6 is 0 Å². The smallest absolute Gasteiger partial charge is 0.325 e. The third-order valence-electron chi connectivity index (χ3n) is 4.33. The van der Waals surface area contributed by atoms with E-state index in [1.54, 1.807) is 0 Å². The number of rotatable bonds is 3. The van der Waals surface area contributed by atoms with Crippen molar-refractivity contribution in [1.82, 2.24) is 0 Å². The minimum absolute atomic E-state index is 0.0850. The number of esters is 1. The first-order valence-electron chi connectivity index (χ1n) is 7.68. The van der Waals surface area contributed by atoms with Gasteiger partial charge < -0.3 is 9.64 Å². The van der Waals surface area contributed by atoms with E-state index in [1.165, 1.54) is 11.1 Å². The summed E-state index contributed by atoms with van der Waals surface area (Å²) in [6.45, 7) is 6.93. The number of carbonyl (C=O) groups excluding carboxylic acids is 1. The van der Waals surface area contributed by atoms with Gasteiger partial charge in [0.25, 0.3) is 0 Å². The molecule has 0 aromatic heterocycles. The number of carbonyl (C=O) groups is 1. The maximum atomic E-state index is 12.0. The predicted octanol–water partition coefficient (Wildman–Crippen LogP) is 4.03. The topological polar surface area (TPSA) is 29.5 Å². The Hall–Kier alpha value is -2.29. The lowest BCUT2D eigenvalue weighted by atomic mass is 9.74. The summed E-state index contributed by atoms with van der Waals surface area (Å²) in [6, 6.07) is 16.6. The molecule has 1 aliphatic heterocycles. The van der Waals surface area contributed by atoms with Crippen molar-refractivity contribution in [2.45, 2.75) is 26.2 Å². The van der Waals surface area contributed by atoms with Crippen LogP contribution in [0.15, 0.2) is 48.5 Å². The van der Waals surface area contributed by atoms with E-state index in [9.17, 15) is 4.79 Å². The van der Waals surface area contributed by atoms with Crippen molar-refractivity contribution in [2.75, 3.05) is 18.1 Å². The van der Waals surface area contributed by atoms with Crippen LogP contribution in [0.2, 0.25) is 0 Å². The summed E-state index contributed by atoms with van der Waals surface area (Å²) in [5.74, 6) is -0.202. The van der Waals surface area contributed by atoms with E-state index in [2.05, 4.69) is 55.1 Å². The molecule has 0 bridgehead atoms. The number of hydrogen-bond donors (Lipinski definition) is 0. The fourth-order valence-corrected chi connectivity index (χ4v) is 3.26. The minimum atomic E-state index is -0.202. The standard InChI is InChI=1S/C19H21NO2/c1-4-22-18(21)13-20-16-11-7-5-9-14(16)19(2,3)15-10-6-8-12-17(15)20/h5-12H,4,13H2,1-3H3. The molecule has 1 heterocycles. The first-order chi connectivity index (χ1) is 10.6. The minimum Gasteiger partial charge on any atom is -0.465 e. The summed E-state index contributed by atoms with van der Waals surface area (Å²) >= 11 is 0. The first-order valence-corrected chi connectivity index (χ1v) is 7.68. The van der Waals surface area contributed by atoms with Crippen LogP contribution in [-0.4, -0.2) is 19.1 Å². The molecule has 2 aromatic carbocycles. The normalized spacial score (nSPS) is 15.0. The zero-order valence-electron chi connectivity index (χ0n) is 13.3. The molecule has 114 valence electrons. The van der Waals surface area contributed by atoms with E-state index < -0.39 is 0 Å². The van der Waals surface area contributed by atoms with Crippen molar-refractivity contribution in [3.63, 3.8) is 0 Å². The summed E-state index contributed by atoms with van der Waals surface area (Å²) in [5.41, 5.74) is 4.55. The van der Waals surface area contributed by atoms with E-state index in [4.69, 9.17) is 4.74 Å². The van der Waals surface area contributed by atoms with Crippen LogP contribution in [-0.2, 0) is 14.9 Å². The fourth-order valence-electron chi connectivity index (χ4n) is 3.26. The zero-order chi connectivity index (χ0) is 15.7. The van der Waals surface area contributed by atoms with Crippen LogP contribution in [0.5, 0.6) is 0 Å². The van der Waals surface area contributed by atoms with Crippen LogP contribution < -0.4 is 4.90 Å². The van der Waals surface area contributed by atoms with Gasteiger partial charge in [0.1, 0.15) is 6.54 Å². The van der Waals surface area contributed by atoms with Gasteiger partial charge in [-0.25, -0.2) is 0 Å². The maximum absolute atomic E-state index is 12.0. The molecule has 0 amide bonds. The monoisotopic (exact) mass is 295 g/mol. The summed E-state index contributed by atoms with van der Waals surface area (Å²) in [7, 11) is 0. The lowest BCUT2D eigenvalue weighted by molar-refractivity contribution is -0.141. The molecule has 0 spiro atoms. The van der Waals surface area contributed by atoms with Crippen molar-refractivity contribution < 1.29 is 9.53 Å². The van der Waals surface area contributed by atoms with E-state index in [-0.39, 0.29) is 17.9 Å². The van der Waals surface area contributed by atoms with Gasteiger partial charge in [0.05, 0.1) is 6.61 Å². The Morgan fingerprint density at radius 2 is 1.50 bits per heavy atom. The van der Waals surface area contributed by atoms with Crippen LogP contribution in [0.1, 0.15) is 31.9 Å². The zero-order valence-corrected chi connectivity index (χ0v) is 13.3. The Bertz CT molecular complexity index is 657. The molecule has 0 saturated heterocycles. The van der Waals surface area contributed by atoms with E-state index in [1.807, 2.05) is 19.1 Å². The van der Waals surface area contributed by atoms with E-state index >= 15 is 0 Å². The second-order valence-corrected chi connectivity index (χ2v) is 6.05. The molecule has 3 rings (SSSR count). The predicted molar refractivity (Wildman–Crippen MR) is 88.7 cm³/mol. The van der Waals surface area contributed by atoms with Crippen LogP contribution in [0.25, 0.3) is 0 Å². The Kier molecular flexibility index (Phi) is 3.65. The summed E-state index contributed by atoms with van der Waals surface area (Å²) in [5, 5.41) is 0. The van der Waals surface area contributed by atoms with Crippen molar-refractivity contribution >= 4 is 17.3 Å². The van der Waals surface area contributed by atoms with Gasteiger partial charge in [-0.15, -0.1) is 0 Å². The molecule has 0 radical (unpaired) electrons. The highest BCUT2D eigenvalue weighted by Gasteiger charge is 2.36. The van der Waals surface area contributed by atoms with Crippen LogP contribution in [0.3, 0.4) is 0 Å². The highest BCUT2D eigenvalue weighted by molar-refractivity contribution is 5.85. The van der Waals surface area contributed by atoms with Crippen LogP contribution in [0.4, 0.5) is 11.4 Å². The van der Waals surface area contributed by atoms with Gasteiger partial charge in [-0.1, -0.05) is 50.2 Å². The fraction of sp³-hybridized carbons (Fsp3) is 0.316. The number of fused-ring (bicyclic) bond motifs is 2. The van der Waals surface area contributed by atoms with Crippen LogP contribution in [0, 0.1) is 0 Å². The molecule has 0 aliphatic carbocycles. The quantitative estimate of drug-likeness (QED) is 0.801. The lowest BCUT2D eigenvalue weighted by Gasteiger charge is -2.41. The van der Waals surface area contributed by atoms with Gasteiger partial charge in [0, 0.05) is 16.8 Å². The van der Waals surface area contributed by atoms with Crippen molar-refractivity contribution in [2.24, 2.45) is 0 Å². The van der Waals surface area contributed by atoms with Crippen molar-refractivity contribution in [3.05, 3.63) is 59.7 Å². The lowest BCUT2D eigenvalue weighted by Crippen LogP contribution is -2.36. The molecule has 0 N–H and O–H groups in total. The Labute approximate surface area is 131 Å². The van der Waals surface area contributed by atoms with Gasteiger partial charge in [-0.05, 0) is 30.2 Å². The number of benzene rings is 2. The average molecular weight is 295 g/mol. The van der Waals surface area contributed by atoms with Gasteiger partial charge in [0.2, 0.25) is 0 Å². The Morgan fingerprint density at radius 1 is 1.00 bits per heavy atom. The SMILES string of the molecule is CCOC(=O)CN1c2ccccc2C(C)(C)c2ccccc21.